The Morgan fingerprint density at radius 1 is 1.20 bits per heavy atom. The number of amides is 4. The fraction of sp³-hybridized carbons (Fsp3) is 0.333. The maximum Gasteiger partial charge on any atom is 0.262 e. The number of aryl methyl sites for hydroxylation is 1. The van der Waals surface area contributed by atoms with Crippen LogP contribution in [0.4, 0.5) is 5.00 Å². The van der Waals surface area contributed by atoms with E-state index in [0.717, 1.165) is 34.6 Å². The lowest BCUT2D eigenvalue weighted by Gasteiger charge is -2.25. The number of thiophene rings is 1. The summed E-state index contributed by atoms with van der Waals surface area (Å²) in [7, 11) is 0. The number of carbonyl (C=O) groups is 4. The van der Waals surface area contributed by atoms with Gasteiger partial charge in [-0.1, -0.05) is 12.1 Å². The summed E-state index contributed by atoms with van der Waals surface area (Å²) >= 11 is 2.88. The number of thioether (sulfide) groups is 1. The van der Waals surface area contributed by atoms with Crippen molar-refractivity contribution in [1.29, 1.82) is 0 Å². The fourth-order valence-corrected chi connectivity index (χ4v) is 5.80. The van der Waals surface area contributed by atoms with Gasteiger partial charge in [-0.15, -0.1) is 11.3 Å². The van der Waals surface area contributed by atoms with Crippen LogP contribution in [-0.2, 0) is 17.6 Å². The zero-order chi connectivity index (χ0) is 21.4. The van der Waals surface area contributed by atoms with E-state index in [-0.39, 0.29) is 0 Å². The first-order valence-electron chi connectivity index (χ1n) is 9.65. The van der Waals surface area contributed by atoms with Gasteiger partial charge < -0.3 is 11.1 Å². The van der Waals surface area contributed by atoms with Crippen LogP contribution in [-0.4, -0.2) is 46.6 Å². The second kappa shape index (κ2) is 8.23. The van der Waals surface area contributed by atoms with Gasteiger partial charge in [0.25, 0.3) is 17.7 Å². The molecule has 30 heavy (non-hydrogen) atoms. The molecule has 0 saturated heterocycles. The molecule has 7 nitrogen and oxygen atoms in total. The van der Waals surface area contributed by atoms with Gasteiger partial charge in [0.1, 0.15) is 11.0 Å². The first-order chi connectivity index (χ1) is 14.4. The van der Waals surface area contributed by atoms with E-state index < -0.39 is 29.7 Å². The van der Waals surface area contributed by atoms with E-state index in [9.17, 15) is 19.2 Å². The third-order valence-corrected chi connectivity index (χ3v) is 7.29. The van der Waals surface area contributed by atoms with Crippen molar-refractivity contribution >= 4 is 51.7 Å². The number of nitrogens with one attached hydrogen (secondary N) is 1. The van der Waals surface area contributed by atoms with Crippen LogP contribution in [0.5, 0.6) is 0 Å². The van der Waals surface area contributed by atoms with Crippen molar-refractivity contribution in [2.45, 2.75) is 31.7 Å². The Morgan fingerprint density at radius 2 is 1.87 bits per heavy atom. The molecule has 0 saturated carbocycles. The Labute approximate surface area is 182 Å². The molecule has 2 aromatic rings. The summed E-state index contributed by atoms with van der Waals surface area (Å²) in [6.07, 6.45) is 4.78. The normalized spacial score (nSPS) is 15.8. The van der Waals surface area contributed by atoms with Crippen LogP contribution in [0, 0.1) is 0 Å². The third kappa shape index (κ3) is 3.41. The Morgan fingerprint density at radius 3 is 2.47 bits per heavy atom. The first-order valence-corrected chi connectivity index (χ1v) is 11.9. The van der Waals surface area contributed by atoms with Crippen LogP contribution in [0.15, 0.2) is 24.3 Å². The van der Waals surface area contributed by atoms with Crippen LogP contribution >= 0.6 is 23.1 Å². The highest BCUT2D eigenvalue weighted by Gasteiger charge is 2.42. The van der Waals surface area contributed by atoms with Crippen molar-refractivity contribution in [3.8, 4) is 0 Å². The molecule has 1 atom stereocenters. The highest BCUT2D eigenvalue weighted by Crippen LogP contribution is 2.39. The standard InChI is InChI=1S/C21H21N3O4S2/c1-29-10-9-14(24-20(27)11-5-2-3-6-12(11)21(24)28)18(26)23-19-16(17(22)25)13-7-4-8-15(13)30-19/h2-3,5-6,14H,4,7-10H2,1H3,(H2,22,25)(H,23,26). The molecular formula is C21H21N3O4S2. The smallest absolute Gasteiger partial charge is 0.262 e. The van der Waals surface area contributed by atoms with Crippen LogP contribution in [0.3, 0.4) is 0 Å². The lowest BCUT2D eigenvalue weighted by Crippen LogP contribution is -2.47. The van der Waals surface area contributed by atoms with Crippen molar-refractivity contribution in [3.05, 3.63) is 51.4 Å². The summed E-state index contributed by atoms with van der Waals surface area (Å²) in [6.45, 7) is 0. The molecule has 0 radical (unpaired) electrons. The minimum atomic E-state index is -0.970. The molecule has 2 aliphatic rings. The molecule has 2 heterocycles. The number of benzene rings is 1. The summed E-state index contributed by atoms with van der Waals surface area (Å²) in [5.41, 5.74) is 7.45. The quantitative estimate of drug-likeness (QED) is 0.640. The number of imide groups is 1. The molecule has 3 N–H and O–H groups in total. The van der Waals surface area contributed by atoms with Gasteiger partial charge in [-0.3, -0.25) is 24.1 Å². The maximum atomic E-state index is 13.2. The van der Waals surface area contributed by atoms with Crippen LogP contribution in [0.2, 0.25) is 0 Å². The molecule has 1 aromatic carbocycles. The van der Waals surface area contributed by atoms with Crippen LogP contribution in [0.1, 0.15) is 54.4 Å². The molecule has 1 unspecified atom stereocenters. The largest absolute Gasteiger partial charge is 0.365 e. The summed E-state index contributed by atoms with van der Waals surface area (Å²) in [6, 6.07) is 5.60. The Hall–Kier alpha value is -2.65. The van der Waals surface area contributed by atoms with Gasteiger partial charge in [-0.25, -0.2) is 0 Å². The molecule has 1 aromatic heterocycles. The number of primary amides is 1. The minimum absolute atomic E-state index is 0.303. The molecule has 1 aliphatic carbocycles. The number of carbonyl (C=O) groups excluding carboxylic acids is 4. The Balaban J connectivity index is 1.64. The van der Waals surface area contributed by atoms with Gasteiger partial charge in [-0.2, -0.15) is 11.8 Å². The summed E-state index contributed by atoms with van der Waals surface area (Å²) in [5, 5.41) is 3.20. The molecule has 0 bridgehead atoms. The second-order valence-corrected chi connectivity index (χ2v) is 9.33. The number of nitrogens with zero attached hydrogens (tertiary/aromatic N) is 1. The second-order valence-electron chi connectivity index (χ2n) is 7.24. The maximum absolute atomic E-state index is 13.2. The Kier molecular flexibility index (Phi) is 5.66. The average molecular weight is 444 g/mol. The van der Waals surface area contributed by atoms with Gasteiger partial charge in [-0.05, 0) is 55.4 Å². The first kappa shape index (κ1) is 20.6. The molecule has 4 rings (SSSR count). The summed E-state index contributed by atoms with van der Waals surface area (Å²) < 4.78 is 0. The van der Waals surface area contributed by atoms with Crippen molar-refractivity contribution in [3.63, 3.8) is 0 Å². The molecule has 0 fully saturated rings. The predicted molar refractivity (Wildman–Crippen MR) is 117 cm³/mol. The summed E-state index contributed by atoms with van der Waals surface area (Å²) in [4.78, 5) is 53.2. The van der Waals surface area contributed by atoms with Crippen molar-refractivity contribution in [2.24, 2.45) is 5.73 Å². The number of hydrogen-bond acceptors (Lipinski definition) is 6. The topological polar surface area (TPSA) is 110 Å². The van der Waals surface area contributed by atoms with Gasteiger partial charge >= 0.3 is 0 Å². The zero-order valence-electron chi connectivity index (χ0n) is 16.4. The number of hydrogen-bond donors (Lipinski definition) is 2. The van der Waals surface area contributed by atoms with E-state index in [4.69, 9.17) is 5.73 Å². The Bertz CT molecular complexity index is 1030. The van der Waals surface area contributed by atoms with E-state index in [1.165, 1.54) is 23.1 Å². The zero-order valence-corrected chi connectivity index (χ0v) is 18.0. The lowest BCUT2D eigenvalue weighted by molar-refractivity contribution is -0.120. The van der Waals surface area contributed by atoms with Crippen molar-refractivity contribution < 1.29 is 19.2 Å². The van der Waals surface area contributed by atoms with E-state index >= 15 is 0 Å². The van der Waals surface area contributed by atoms with Gasteiger partial charge in [0.15, 0.2) is 0 Å². The van der Waals surface area contributed by atoms with Crippen molar-refractivity contribution in [1.82, 2.24) is 4.90 Å². The van der Waals surface area contributed by atoms with Gasteiger partial charge in [0.2, 0.25) is 5.91 Å². The number of fused-ring (bicyclic) bond motifs is 2. The molecule has 0 spiro atoms. The number of anilines is 1. The van der Waals surface area contributed by atoms with E-state index in [2.05, 4.69) is 5.32 Å². The minimum Gasteiger partial charge on any atom is -0.365 e. The van der Waals surface area contributed by atoms with E-state index in [1.807, 2.05) is 6.26 Å². The van der Waals surface area contributed by atoms with Crippen LogP contribution < -0.4 is 11.1 Å². The monoisotopic (exact) mass is 443 g/mol. The van der Waals surface area contributed by atoms with Gasteiger partial charge in [0.05, 0.1) is 16.7 Å². The van der Waals surface area contributed by atoms with Crippen LogP contribution in [0.25, 0.3) is 0 Å². The van der Waals surface area contributed by atoms with E-state index in [1.54, 1.807) is 24.3 Å². The molecule has 156 valence electrons. The molecule has 4 amide bonds. The highest BCUT2D eigenvalue weighted by molar-refractivity contribution is 7.98. The fourth-order valence-electron chi connectivity index (χ4n) is 4.05. The number of rotatable bonds is 7. The van der Waals surface area contributed by atoms with Gasteiger partial charge in [0, 0.05) is 4.88 Å². The average Bonchev–Trinajstić information content (AvgIpc) is 3.36. The molecule has 1 aliphatic heterocycles. The SMILES string of the molecule is CSCCC(C(=O)Nc1sc2c(c1C(N)=O)CCC2)N1C(=O)c2ccccc2C1=O. The van der Waals surface area contributed by atoms with E-state index in [0.29, 0.717) is 33.9 Å². The lowest BCUT2D eigenvalue weighted by atomic mass is 10.1. The predicted octanol–water partition coefficient (Wildman–Crippen LogP) is 2.69. The molecule has 9 heteroatoms. The molecular weight excluding hydrogens is 422 g/mol. The van der Waals surface area contributed by atoms with Crippen molar-refractivity contribution in [2.75, 3.05) is 17.3 Å². The third-order valence-electron chi connectivity index (χ3n) is 5.44. The highest BCUT2D eigenvalue weighted by atomic mass is 32.2. The summed E-state index contributed by atoms with van der Waals surface area (Å²) in [5.74, 6) is -1.41. The number of nitrogens with two attached hydrogens (primary N) is 1.